The van der Waals surface area contributed by atoms with Crippen molar-refractivity contribution in [1.29, 1.82) is 0 Å². The number of carboxylic acid groups (broad SMARTS) is 1. The third kappa shape index (κ3) is 4.10. The summed E-state index contributed by atoms with van der Waals surface area (Å²) in [5.74, 6) is -0.539. The molecule has 0 saturated carbocycles. The van der Waals surface area contributed by atoms with Gasteiger partial charge >= 0.3 is 5.97 Å². The van der Waals surface area contributed by atoms with Gasteiger partial charge in [-0.15, -0.1) is 0 Å². The van der Waals surface area contributed by atoms with Crippen molar-refractivity contribution in [2.45, 2.75) is 44.7 Å². The minimum atomic E-state index is -0.829. The van der Waals surface area contributed by atoms with Gasteiger partial charge in [-0.25, -0.2) is 4.98 Å². The second-order valence-corrected chi connectivity index (χ2v) is 8.42. The monoisotopic (exact) mass is 401 g/mol. The van der Waals surface area contributed by atoms with Crippen LogP contribution in [0.3, 0.4) is 0 Å². The van der Waals surface area contributed by atoms with E-state index >= 15 is 0 Å². The number of aliphatic carboxylic acids is 1. The zero-order valence-electron chi connectivity index (χ0n) is 16.6. The summed E-state index contributed by atoms with van der Waals surface area (Å²) >= 11 is 0. The third-order valence-corrected chi connectivity index (χ3v) is 6.42. The molecule has 1 aromatic rings. The van der Waals surface area contributed by atoms with Crippen molar-refractivity contribution in [2.75, 3.05) is 26.2 Å². The molecule has 1 aromatic heterocycles. The van der Waals surface area contributed by atoms with Crippen LogP contribution in [0.2, 0.25) is 0 Å². The van der Waals surface area contributed by atoms with E-state index in [4.69, 9.17) is 0 Å². The van der Waals surface area contributed by atoms with Gasteiger partial charge in [0.25, 0.3) is 5.91 Å². The lowest BCUT2D eigenvalue weighted by molar-refractivity contribution is -0.154. The van der Waals surface area contributed by atoms with Crippen LogP contribution in [0.25, 0.3) is 0 Å². The number of fused-ring (bicyclic) bond motifs is 4. The summed E-state index contributed by atoms with van der Waals surface area (Å²) in [5.41, 5.74) is 0.990. The van der Waals surface area contributed by atoms with Crippen molar-refractivity contribution >= 4 is 17.8 Å². The number of nitrogens with zero attached hydrogens (tertiary/aromatic N) is 4. The molecule has 2 amide bonds. The fraction of sp³-hybridized carbons (Fsp3) is 0.650. The van der Waals surface area contributed by atoms with Crippen molar-refractivity contribution < 1.29 is 19.5 Å². The van der Waals surface area contributed by atoms with Crippen molar-refractivity contribution in [3.63, 3.8) is 0 Å². The zero-order chi connectivity index (χ0) is 20.5. The minimum Gasteiger partial charge on any atom is -0.480 e. The normalized spacial score (nSPS) is 29.3. The molecule has 3 aliphatic heterocycles. The van der Waals surface area contributed by atoms with Crippen molar-refractivity contribution in [3.8, 4) is 0 Å². The van der Waals surface area contributed by atoms with Crippen LogP contribution in [0.15, 0.2) is 12.4 Å². The van der Waals surface area contributed by atoms with Crippen LogP contribution < -0.4 is 5.32 Å². The fourth-order valence-electron chi connectivity index (χ4n) is 5.25. The Morgan fingerprint density at radius 3 is 2.76 bits per heavy atom. The van der Waals surface area contributed by atoms with Crippen LogP contribution in [-0.4, -0.2) is 80.9 Å². The standard InChI is InChI=1S/C20H27N5O4/c1-12-6-22-15(7-21-12)20(29)23-8-17-14-5-13(9-24(10-14)11-19(27)28)16-3-2-4-18(26)25(16)17/h6-7,13-14,16-17H,2-5,8-11H2,1H3,(H,23,29)(H,27,28)/t13-,14+,16+,17+/m1/s1. The maximum Gasteiger partial charge on any atom is 0.317 e. The van der Waals surface area contributed by atoms with Crippen LogP contribution in [0.4, 0.5) is 0 Å². The quantitative estimate of drug-likeness (QED) is 0.729. The SMILES string of the molecule is Cc1cnc(C(=O)NC[C@H]2[C@H]3C[C@H](CN(CC(=O)O)C3)[C@@H]3CCCC(=O)N32)cn1. The van der Waals surface area contributed by atoms with Crippen molar-refractivity contribution in [1.82, 2.24) is 25.1 Å². The predicted octanol–water partition coefficient (Wildman–Crippen LogP) is 0.301. The van der Waals surface area contributed by atoms with E-state index in [-0.39, 0.29) is 42.1 Å². The Labute approximate surface area is 169 Å². The number of carboxylic acids is 1. The Hall–Kier alpha value is -2.55. The Morgan fingerprint density at radius 1 is 1.24 bits per heavy atom. The third-order valence-electron chi connectivity index (χ3n) is 6.42. The van der Waals surface area contributed by atoms with E-state index in [0.717, 1.165) is 31.5 Å². The molecule has 9 heteroatoms. The molecule has 0 spiro atoms. The lowest BCUT2D eigenvalue weighted by Crippen LogP contribution is -2.67. The molecule has 0 aromatic carbocycles. The Bertz CT molecular complexity index is 799. The van der Waals surface area contributed by atoms with E-state index in [1.807, 2.05) is 9.80 Å². The number of amides is 2. The molecule has 0 radical (unpaired) electrons. The summed E-state index contributed by atoms with van der Waals surface area (Å²) in [6.07, 6.45) is 6.33. The molecule has 9 nitrogen and oxygen atoms in total. The largest absolute Gasteiger partial charge is 0.480 e. The first kappa shape index (κ1) is 19.8. The van der Waals surface area contributed by atoms with Gasteiger partial charge in [-0.05, 0) is 38.0 Å². The number of likely N-dealkylation sites (tertiary alicyclic amines) is 1. The second-order valence-electron chi connectivity index (χ2n) is 8.42. The molecule has 4 heterocycles. The average molecular weight is 401 g/mol. The maximum atomic E-state index is 12.8. The van der Waals surface area contributed by atoms with E-state index in [0.29, 0.717) is 25.4 Å². The number of carbonyl (C=O) groups excluding carboxylic acids is 2. The molecule has 2 N–H and O–H groups in total. The number of carbonyl (C=O) groups is 3. The van der Waals surface area contributed by atoms with Gasteiger partial charge in [0.1, 0.15) is 5.69 Å². The summed E-state index contributed by atoms with van der Waals surface area (Å²) in [6.45, 7) is 3.52. The summed E-state index contributed by atoms with van der Waals surface area (Å²) in [7, 11) is 0. The number of nitrogens with one attached hydrogen (secondary N) is 1. The first-order valence-electron chi connectivity index (χ1n) is 10.2. The van der Waals surface area contributed by atoms with Gasteiger partial charge in [0.15, 0.2) is 0 Å². The Kier molecular flexibility index (Phi) is 5.49. The smallest absolute Gasteiger partial charge is 0.317 e. The highest BCUT2D eigenvalue weighted by Gasteiger charge is 2.49. The van der Waals surface area contributed by atoms with Gasteiger partial charge < -0.3 is 15.3 Å². The molecule has 4 atom stereocenters. The van der Waals surface area contributed by atoms with Crippen molar-refractivity contribution in [2.24, 2.45) is 11.8 Å². The molecular weight excluding hydrogens is 374 g/mol. The topological polar surface area (TPSA) is 116 Å². The predicted molar refractivity (Wildman–Crippen MR) is 103 cm³/mol. The molecule has 29 heavy (non-hydrogen) atoms. The second kappa shape index (κ2) is 8.06. The summed E-state index contributed by atoms with van der Waals surface area (Å²) in [6, 6.07) is 0.00756. The van der Waals surface area contributed by atoms with E-state index in [9.17, 15) is 19.5 Å². The highest BCUT2D eigenvalue weighted by molar-refractivity contribution is 5.92. The Balaban J connectivity index is 1.51. The molecule has 3 fully saturated rings. The van der Waals surface area contributed by atoms with Crippen LogP contribution in [0, 0.1) is 18.8 Å². The van der Waals surface area contributed by atoms with E-state index in [1.165, 1.54) is 6.20 Å². The first-order chi connectivity index (χ1) is 13.9. The highest BCUT2D eigenvalue weighted by Crippen LogP contribution is 2.41. The van der Waals surface area contributed by atoms with Crippen LogP contribution in [0.5, 0.6) is 0 Å². The minimum absolute atomic E-state index is 0.0195. The number of hydrogen-bond acceptors (Lipinski definition) is 6. The number of piperidine rings is 3. The molecular formula is C20H27N5O4. The fourth-order valence-corrected chi connectivity index (χ4v) is 5.25. The van der Waals surface area contributed by atoms with Gasteiger partial charge in [-0.2, -0.15) is 0 Å². The van der Waals surface area contributed by atoms with Crippen LogP contribution in [0.1, 0.15) is 41.9 Å². The molecule has 3 aliphatic rings. The van der Waals surface area contributed by atoms with E-state index in [2.05, 4.69) is 15.3 Å². The summed E-state index contributed by atoms with van der Waals surface area (Å²) < 4.78 is 0. The summed E-state index contributed by atoms with van der Waals surface area (Å²) in [5, 5.41) is 12.1. The lowest BCUT2D eigenvalue weighted by atomic mass is 9.72. The molecule has 0 unspecified atom stereocenters. The van der Waals surface area contributed by atoms with Crippen LogP contribution in [-0.2, 0) is 9.59 Å². The molecule has 156 valence electrons. The number of aromatic nitrogens is 2. The Morgan fingerprint density at radius 2 is 2.03 bits per heavy atom. The molecule has 4 rings (SSSR count). The van der Waals surface area contributed by atoms with Gasteiger partial charge in [0.05, 0.1) is 24.5 Å². The number of aryl methyl sites for hydroxylation is 1. The van der Waals surface area contributed by atoms with Gasteiger partial charge in [-0.3, -0.25) is 24.3 Å². The van der Waals surface area contributed by atoms with E-state index < -0.39 is 5.97 Å². The first-order valence-corrected chi connectivity index (χ1v) is 10.2. The van der Waals surface area contributed by atoms with Gasteiger partial charge in [0, 0.05) is 38.3 Å². The molecule has 3 saturated heterocycles. The van der Waals surface area contributed by atoms with Crippen molar-refractivity contribution in [3.05, 3.63) is 23.8 Å². The van der Waals surface area contributed by atoms with Gasteiger partial charge in [-0.1, -0.05) is 0 Å². The zero-order valence-corrected chi connectivity index (χ0v) is 16.6. The maximum absolute atomic E-state index is 12.8. The summed E-state index contributed by atoms with van der Waals surface area (Å²) in [4.78, 5) is 48.7. The number of rotatable bonds is 5. The highest BCUT2D eigenvalue weighted by atomic mass is 16.4. The molecule has 2 bridgehead atoms. The van der Waals surface area contributed by atoms with Crippen LogP contribution >= 0.6 is 0 Å². The lowest BCUT2D eigenvalue weighted by Gasteiger charge is -2.56. The average Bonchev–Trinajstić information content (AvgIpc) is 2.68. The number of hydrogen-bond donors (Lipinski definition) is 2. The molecule has 0 aliphatic carbocycles. The van der Waals surface area contributed by atoms with Gasteiger partial charge in [0.2, 0.25) is 5.91 Å². The van der Waals surface area contributed by atoms with E-state index in [1.54, 1.807) is 13.1 Å².